The number of ether oxygens (including phenoxy) is 1. The van der Waals surface area contributed by atoms with Crippen LogP contribution in [0.3, 0.4) is 0 Å². The molecule has 10 nitrogen and oxygen atoms in total. The zero-order valence-corrected chi connectivity index (χ0v) is 37.8. The van der Waals surface area contributed by atoms with Crippen LogP contribution >= 0.6 is 0 Å². The van der Waals surface area contributed by atoms with Gasteiger partial charge in [-0.15, -0.1) is 0 Å². The highest BCUT2D eigenvalue weighted by Gasteiger charge is 2.44. The molecule has 1 saturated carbocycles. The number of ketones is 1. The van der Waals surface area contributed by atoms with Crippen molar-refractivity contribution in [3.05, 3.63) is 91.5 Å². The zero-order valence-electron chi connectivity index (χ0n) is 37.8. The van der Waals surface area contributed by atoms with Crippen LogP contribution in [0.2, 0.25) is 0 Å². The van der Waals surface area contributed by atoms with Crippen molar-refractivity contribution in [1.29, 1.82) is 0 Å². The molecule has 1 saturated heterocycles. The van der Waals surface area contributed by atoms with Gasteiger partial charge in [0, 0.05) is 64.8 Å². The third-order valence-electron chi connectivity index (χ3n) is 13.5. The monoisotopic (exact) mass is 833 g/mol. The molecule has 5 aliphatic heterocycles. The molecule has 2 fully saturated rings. The molecule has 328 valence electrons. The van der Waals surface area contributed by atoms with Gasteiger partial charge < -0.3 is 20.3 Å². The van der Waals surface area contributed by atoms with E-state index in [0.29, 0.717) is 58.1 Å². The van der Waals surface area contributed by atoms with E-state index in [0.717, 1.165) is 64.1 Å². The predicted molar refractivity (Wildman–Crippen MR) is 244 cm³/mol. The summed E-state index contributed by atoms with van der Waals surface area (Å²) in [6.07, 6.45) is 23.4. The summed E-state index contributed by atoms with van der Waals surface area (Å²) < 4.78 is 5.34. The number of hydrogen-bond acceptors (Lipinski definition) is 10. The molecule has 0 radical (unpaired) electrons. The number of nitrogens with zero attached hydrogens (tertiary/aromatic N) is 3. The van der Waals surface area contributed by atoms with Gasteiger partial charge in [0.05, 0.1) is 46.6 Å². The second-order valence-electron chi connectivity index (χ2n) is 17.9. The summed E-state index contributed by atoms with van der Waals surface area (Å²) in [4.78, 5) is 54.7. The van der Waals surface area contributed by atoms with Crippen molar-refractivity contribution in [3.63, 3.8) is 0 Å². The minimum atomic E-state index is -0.819. The first kappa shape index (κ1) is 45.8. The lowest BCUT2D eigenvalue weighted by Gasteiger charge is -2.17. The van der Waals surface area contributed by atoms with Gasteiger partial charge in [0.25, 0.3) is 0 Å². The van der Waals surface area contributed by atoms with E-state index in [2.05, 4.69) is 19.2 Å². The second kappa shape index (κ2) is 20.9. The zero-order chi connectivity index (χ0) is 43.8. The Hall–Kier alpha value is -4.70. The van der Waals surface area contributed by atoms with Gasteiger partial charge in [0.1, 0.15) is 0 Å². The van der Waals surface area contributed by atoms with Crippen LogP contribution in [0, 0.1) is 11.8 Å². The standard InChI is InChI=1S/C51H68N4O6/c1-8-9-10-11-12-13-14-15-16-17-18-19-20-21-22-23-44(59)61-45(60)25-24-36-31(3)48-34(6)49-33(5)46(35(7)57)42(54-49)28-41-38(29-56)30(2)39(52-41)27-40-32(4)47-43(58)26-37(50(36)55-48)51(47)53-40/h27-29,31,35-36,55-57H,8-26H2,1-7H3/b38-29+,40-27?,42-28?,48-34?,50-37?/t31-,35?,36-/m0/s1. The minimum Gasteiger partial charge on any atom is -0.515 e. The number of aliphatic hydroxyl groups is 2. The number of unbranched alkanes of at least 4 members (excludes halogenated alkanes) is 14. The minimum absolute atomic E-state index is 0.0141. The Morgan fingerprint density at radius 1 is 0.770 bits per heavy atom. The maximum atomic E-state index is 13.7. The van der Waals surface area contributed by atoms with Crippen LogP contribution in [0.5, 0.6) is 0 Å². The van der Waals surface area contributed by atoms with Crippen LogP contribution in [0.1, 0.15) is 170 Å². The van der Waals surface area contributed by atoms with Gasteiger partial charge in [-0.3, -0.25) is 14.4 Å². The summed E-state index contributed by atoms with van der Waals surface area (Å²) in [5, 5.41) is 25.0. The number of fused-ring (bicyclic) bond motifs is 5. The maximum absolute atomic E-state index is 13.7. The lowest BCUT2D eigenvalue weighted by atomic mass is 9.85. The van der Waals surface area contributed by atoms with Gasteiger partial charge in [-0.25, -0.2) is 15.0 Å². The highest BCUT2D eigenvalue weighted by Crippen LogP contribution is 2.46. The van der Waals surface area contributed by atoms with Gasteiger partial charge >= 0.3 is 11.9 Å². The van der Waals surface area contributed by atoms with Crippen molar-refractivity contribution < 1.29 is 29.3 Å². The van der Waals surface area contributed by atoms with Crippen molar-refractivity contribution >= 4 is 34.9 Å². The molecule has 8 bridgehead atoms. The van der Waals surface area contributed by atoms with Crippen LogP contribution in [-0.2, 0) is 19.1 Å². The van der Waals surface area contributed by atoms with E-state index in [1.165, 1.54) is 77.0 Å². The summed E-state index contributed by atoms with van der Waals surface area (Å²) in [5.74, 6) is -1.33. The smallest absolute Gasteiger partial charge is 0.313 e. The molecule has 5 heterocycles. The maximum Gasteiger partial charge on any atom is 0.313 e. The van der Waals surface area contributed by atoms with Crippen LogP contribution < -0.4 is 5.32 Å². The predicted octanol–water partition coefficient (Wildman–Crippen LogP) is 11.3. The van der Waals surface area contributed by atoms with Crippen molar-refractivity contribution in [2.24, 2.45) is 26.8 Å². The lowest BCUT2D eigenvalue weighted by molar-refractivity contribution is -0.159. The number of rotatable bonds is 20. The summed E-state index contributed by atoms with van der Waals surface area (Å²) >= 11 is 0. The van der Waals surface area contributed by atoms with Crippen molar-refractivity contribution in [2.75, 3.05) is 0 Å². The first-order chi connectivity index (χ1) is 29.4. The summed E-state index contributed by atoms with van der Waals surface area (Å²) in [6, 6.07) is 0. The lowest BCUT2D eigenvalue weighted by Crippen LogP contribution is -2.17. The normalized spacial score (nSPS) is 22.1. The molecule has 3 atom stereocenters. The van der Waals surface area contributed by atoms with Crippen LogP contribution in [-0.4, -0.2) is 51.2 Å². The number of esters is 2. The number of aliphatic hydroxyl groups excluding tert-OH is 2. The first-order valence-electron chi connectivity index (χ1n) is 23.2. The Balaban J connectivity index is 1.13. The number of carbonyl (C=O) groups is 3. The molecular weight excluding hydrogens is 765 g/mol. The fraction of sp³-hybridized carbons (Fsp3) is 0.569. The highest BCUT2D eigenvalue weighted by molar-refractivity contribution is 6.38. The van der Waals surface area contributed by atoms with Crippen LogP contribution in [0.4, 0.5) is 0 Å². The third kappa shape index (κ3) is 10.3. The number of Topliss-reactive ketones (excluding diaryl/α,β-unsaturated/α-hetero) is 1. The average Bonchev–Trinajstić information content (AvgIpc) is 3.99. The van der Waals surface area contributed by atoms with E-state index in [9.17, 15) is 24.6 Å². The van der Waals surface area contributed by atoms with Gasteiger partial charge in [0.15, 0.2) is 5.78 Å². The number of aliphatic imine (C=N–C) groups is 3. The fourth-order valence-corrected chi connectivity index (χ4v) is 9.89. The molecule has 0 aromatic carbocycles. The van der Waals surface area contributed by atoms with Gasteiger partial charge in [-0.1, -0.05) is 104 Å². The summed E-state index contributed by atoms with van der Waals surface area (Å²) in [6.45, 7) is 13.8. The van der Waals surface area contributed by atoms with E-state index in [1.54, 1.807) is 13.0 Å². The van der Waals surface area contributed by atoms with E-state index >= 15 is 0 Å². The molecule has 10 heteroatoms. The van der Waals surface area contributed by atoms with Crippen LogP contribution in [0.15, 0.2) is 106 Å². The van der Waals surface area contributed by atoms with E-state index < -0.39 is 18.0 Å². The van der Waals surface area contributed by atoms with Crippen molar-refractivity contribution in [3.8, 4) is 0 Å². The Morgan fingerprint density at radius 3 is 1.97 bits per heavy atom. The quantitative estimate of drug-likeness (QED) is 0.0478. The Kier molecular flexibility index (Phi) is 15.7. The molecule has 3 N–H and O–H groups in total. The highest BCUT2D eigenvalue weighted by atomic mass is 16.6. The van der Waals surface area contributed by atoms with Crippen molar-refractivity contribution in [1.82, 2.24) is 5.32 Å². The molecule has 6 rings (SSSR count). The molecule has 6 aliphatic rings. The van der Waals surface area contributed by atoms with Crippen LogP contribution in [0.25, 0.3) is 0 Å². The molecule has 1 unspecified atom stereocenters. The topological polar surface area (TPSA) is 150 Å². The van der Waals surface area contributed by atoms with E-state index in [4.69, 9.17) is 19.7 Å². The summed E-state index contributed by atoms with van der Waals surface area (Å²) in [7, 11) is 0. The number of allylic oxidation sites excluding steroid dienone is 11. The Morgan fingerprint density at radius 2 is 1.36 bits per heavy atom. The molecule has 0 spiro atoms. The van der Waals surface area contributed by atoms with Gasteiger partial charge in [-0.05, 0) is 81.9 Å². The Bertz CT molecular complexity index is 2140. The number of nitrogens with one attached hydrogen (secondary N) is 1. The fourth-order valence-electron chi connectivity index (χ4n) is 9.89. The molecule has 0 amide bonds. The molecule has 61 heavy (non-hydrogen) atoms. The SMILES string of the molecule is CCCCCCCCCCCCCCCCCC(=O)OC(=O)CC[C@@H]1C2=C3CC(=O)C4=C(C)C(=CC5=C(C)/C(=C\O)C(=N5)C=C5N=C(C(C)=C5C(C)O)C(C)=C(N2)[C@H]1C)N=C34. The summed E-state index contributed by atoms with van der Waals surface area (Å²) in [5.41, 5.74) is 11.3. The molecule has 1 aliphatic carbocycles. The number of hydrogen-bond donors (Lipinski definition) is 3. The second-order valence-corrected chi connectivity index (χ2v) is 17.9. The third-order valence-corrected chi connectivity index (χ3v) is 13.5. The van der Waals surface area contributed by atoms with E-state index in [1.807, 2.05) is 33.8 Å². The largest absolute Gasteiger partial charge is 0.515 e. The van der Waals surface area contributed by atoms with Gasteiger partial charge in [-0.2, -0.15) is 0 Å². The number of carbonyl (C=O) groups excluding carboxylic acids is 3. The first-order valence-corrected chi connectivity index (χ1v) is 23.2. The van der Waals surface area contributed by atoms with E-state index in [-0.39, 0.29) is 36.9 Å². The average molecular weight is 833 g/mol. The Labute approximate surface area is 363 Å². The molecular formula is C51H68N4O6. The molecule has 0 aromatic heterocycles. The van der Waals surface area contributed by atoms with Gasteiger partial charge in [0.2, 0.25) is 0 Å². The van der Waals surface area contributed by atoms with Crippen molar-refractivity contribution in [2.45, 2.75) is 177 Å². The molecule has 0 aromatic rings.